The van der Waals surface area contributed by atoms with E-state index in [1.807, 2.05) is 24.4 Å². The van der Waals surface area contributed by atoms with E-state index in [-0.39, 0.29) is 0 Å². The number of aryl methyl sites for hydroxylation is 1. The van der Waals surface area contributed by atoms with Crippen LogP contribution in [0.25, 0.3) is 22.6 Å². The van der Waals surface area contributed by atoms with Crippen molar-refractivity contribution in [2.24, 2.45) is 0 Å². The smallest absolute Gasteiger partial charge is 0.203 e. The predicted molar refractivity (Wildman–Crippen MR) is 123 cm³/mol. The molecular weight excluding hydrogens is 404 g/mol. The number of nitrogens with zero attached hydrogens (tertiary/aromatic N) is 2. The van der Waals surface area contributed by atoms with E-state index in [1.54, 1.807) is 21.3 Å². The van der Waals surface area contributed by atoms with Crippen molar-refractivity contribution < 1.29 is 18.7 Å². The maximum atomic E-state index is 5.71. The predicted octanol–water partition coefficient (Wildman–Crippen LogP) is 5.37. The molecule has 0 spiro atoms. The third-order valence-electron chi connectivity index (χ3n) is 6.08. The van der Waals surface area contributed by atoms with Gasteiger partial charge in [0.05, 0.1) is 33.2 Å². The maximum absolute atomic E-state index is 5.71. The van der Waals surface area contributed by atoms with Gasteiger partial charge in [0.15, 0.2) is 17.3 Å². The van der Waals surface area contributed by atoms with Gasteiger partial charge in [-0.25, -0.2) is 0 Å². The van der Waals surface area contributed by atoms with Crippen LogP contribution in [-0.4, -0.2) is 31.1 Å². The highest BCUT2D eigenvalue weighted by molar-refractivity contribution is 5.80. The van der Waals surface area contributed by atoms with Gasteiger partial charge in [0.2, 0.25) is 5.75 Å². The summed E-state index contributed by atoms with van der Waals surface area (Å²) < 4.78 is 24.8. The topological polar surface area (TPSA) is 58.7 Å². The third kappa shape index (κ3) is 3.42. The van der Waals surface area contributed by atoms with Gasteiger partial charge in [0.1, 0.15) is 0 Å². The molecule has 2 aromatic carbocycles. The summed E-state index contributed by atoms with van der Waals surface area (Å²) in [6, 6.07) is 14.5. The van der Waals surface area contributed by atoms with Crippen LogP contribution in [0.5, 0.6) is 17.2 Å². The van der Waals surface area contributed by atoms with Crippen molar-refractivity contribution in [3.05, 3.63) is 71.5 Å². The van der Waals surface area contributed by atoms with Crippen LogP contribution in [0.4, 0.5) is 0 Å². The van der Waals surface area contributed by atoms with Gasteiger partial charge in [-0.1, -0.05) is 35.5 Å². The van der Waals surface area contributed by atoms with Crippen LogP contribution in [-0.2, 0) is 19.4 Å². The average Bonchev–Trinajstić information content (AvgIpc) is 3.39. The number of benzene rings is 2. The summed E-state index contributed by atoms with van der Waals surface area (Å²) in [6.07, 6.45) is 6.98. The van der Waals surface area contributed by atoms with Crippen LogP contribution in [0.15, 0.2) is 59.4 Å². The van der Waals surface area contributed by atoms with E-state index < -0.39 is 0 Å². The summed E-state index contributed by atoms with van der Waals surface area (Å²) in [6.45, 7) is 0.739. The van der Waals surface area contributed by atoms with E-state index in [0.717, 1.165) is 54.0 Å². The Morgan fingerprint density at radius 3 is 2.41 bits per heavy atom. The fourth-order valence-corrected chi connectivity index (χ4v) is 4.63. The minimum absolute atomic E-state index is 0.587. The largest absolute Gasteiger partial charge is 0.493 e. The van der Waals surface area contributed by atoms with E-state index in [4.69, 9.17) is 18.7 Å². The Labute approximate surface area is 187 Å². The zero-order valence-electron chi connectivity index (χ0n) is 18.6. The van der Waals surface area contributed by atoms with Gasteiger partial charge in [0.25, 0.3) is 0 Å². The number of hydrogen-bond acceptors (Lipinski definition) is 5. The summed E-state index contributed by atoms with van der Waals surface area (Å²) in [7, 11) is 4.91. The molecule has 5 rings (SSSR count). The SMILES string of the molecule is COc1cc(-c2c3c(cn2Cc2ccccc2)-c2oncc2CCC3)cc(OC)c1OC. The number of aromatic nitrogens is 2. The van der Waals surface area contributed by atoms with Gasteiger partial charge >= 0.3 is 0 Å². The molecule has 164 valence electrons. The first-order chi connectivity index (χ1) is 15.7. The van der Waals surface area contributed by atoms with Crippen LogP contribution in [0.2, 0.25) is 0 Å². The van der Waals surface area contributed by atoms with E-state index >= 15 is 0 Å². The minimum atomic E-state index is 0.587. The minimum Gasteiger partial charge on any atom is -0.493 e. The zero-order chi connectivity index (χ0) is 22.1. The van der Waals surface area contributed by atoms with Gasteiger partial charge in [-0.05, 0) is 42.5 Å². The number of rotatable bonds is 6. The molecule has 0 unspecified atom stereocenters. The Hall–Kier alpha value is -3.67. The van der Waals surface area contributed by atoms with Gasteiger partial charge in [-0.3, -0.25) is 0 Å². The Kier molecular flexibility index (Phi) is 5.35. The van der Waals surface area contributed by atoms with Gasteiger partial charge in [-0.2, -0.15) is 0 Å². The molecule has 32 heavy (non-hydrogen) atoms. The Morgan fingerprint density at radius 2 is 1.72 bits per heavy atom. The lowest BCUT2D eigenvalue weighted by molar-refractivity contribution is 0.324. The summed E-state index contributed by atoms with van der Waals surface area (Å²) in [4.78, 5) is 0. The lowest BCUT2D eigenvalue weighted by Crippen LogP contribution is -2.03. The first-order valence-corrected chi connectivity index (χ1v) is 10.7. The lowest BCUT2D eigenvalue weighted by atomic mass is 10.00. The highest BCUT2D eigenvalue weighted by Gasteiger charge is 2.27. The molecule has 2 aromatic heterocycles. The molecule has 0 bridgehead atoms. The summed E-state index contributed by atoms with van der Waals surface area (Å²) in [5.41, 5.74) is 6.90. The molecule has 0 atom stereocenters. The van der Waals surface area contributed by atoms with Crippen LogP contribution in [0.1, 0.15) is 23.1 Å². The monoisotopic (exact) mass is 430 g/mol. The second-order valence-corrected chi connectivity index (χ2v) is 7.93. The molecule has 6 nitrogen and oxygen atoms in total. The Morgan fingerprint density at radius 1 is 0.969 bits per heavy atom. The fraction of sp³-hybridized carbons (Fsp3) is 0.269. The van der Waals surface area contributed by atoms with E-state index in [2.05, 4.69) is 40.2 Å². The van der Waals surface area contributed by atoms with Crippen molar-refractivity contribution >= 4 is 0 Å². The van der Waals surface area contributed by atoms with E-state index in [1.165, 1.54) is 11.1 Å². The lowest BCUT2D eigenvalue weighted by Gasteiger charge is -2.17. The molecule has 2 heterocycles. The van der Waals surface area contributed by atoms with Crippen molar-refractivity contribution in [3.63, 3.8) is 0 Å². The second kappa shape index (κ2) is 8.46. The zero-order valence-corrected chi connectivity index (χ0v) is 18.6. The Bertz CT molecular complexity index is 1220. The molecule has 1 aliphatic rings. The molecule has 0 saturated heterocycles. The van der Waals surface area contributed by atoms with Crippen molar-refractivity contribution in [1.82, 2.24) is 9.72 Å². The van der Waals surface area contributed by atoms with Crippen LogP contribution in [0.3, 0.4) is 0 Å². The van der Waals surface area contributed by atoms with Gasteiger partial charge < -0.3 is 23.3 Å². The van der Waals surface area contributed by atoms with Crippen molar-refractivity contribution in [2.45, 2.75) is 25.8 Å². The molecule has 0 saturated carbocycles. The molecule has 4 aromatic rings. The van der Waals surface area contributed by atoms with Crippen molar-refractivity contribution in [2.75, 3.05) is 21.3 Å². The summed E-state index contributed by atoms with van der Waals surface area (Å²) >= 11 is 0. The molecule has 1 aliphatic carbocycles. The van der Waals surface area contributed by atoms with Crippen molar-refractivity contribution in [3.8, 4) is 39.8 Å². The first kappa shape index (κ1) is 20.2. The van der Waals surface area contributed by atoms with Gasteiger partial charge in [0, 0.05) is 29.4 Å². The maximum Gasteiger partial charge on any atom is 0.203 e. The molecular formula is C26H26N2O4. The van der Waals surface area contributed by atoms with Crippen molar-refractivity contribution in [1.29, 1.82) is 0 Å². The highest BCUT2D eigenvalue weighted by atomic mass is 16.5. The second-order valence-electron chi connectivity index (χ2n) is 7.93. The highest BCUT2D eigenvalue weighted by Crippen LogP contribution is 2.45. The number of fused-ring (bicyclic) bond motifs is 3. The average molecular weight is 431 g/mol. The third-order valence-corrected chi connectivity index (χ3v) is 6.08. The fourth-order valence-electron chi connectivity index (χ4n) is 4.63. The molecule has 0 radical (unpaired) electrons. The molecule has 6 heteroatoms. The normalized spacial score (nSPS) is 12.6. The molecule has 0 N–H and O–H groups in total. The van der Waals surface area contributed by atoms with Crippen LogP contribution >= 0.6 is 0 Å². The van der Waals surface area contributed by atoms with E-state index in [0.29, 0.717) is 17.2 Å². The standard InChI is InChI=1S/C26H26N2O4/c1-29-22-12-19(13-23(30-2)26(22)31-3)24-20-11-7-10-18-14-27-32-25(18)21(20)16-28(24)15-17-8-5-4-6-9-17/h4-6,8-9,12-14,16H,7,10-11,15H2,1-3H3. The molecule has 0 amide bonds. The first-order valence-electron chi connectivity index (χ1n) is 10.7. The number of hydrogen-bond donors (Lipinski definition) is 0. The number of ether oxygens (including phenoxy) is 3. The van der Waals surface area contributed by atoms with Crippen LogP contribution < -0.4 is 14.2 Å². The van der Waals surface area contributed by atoms with E-state index in [9.17, 15) is 0 Å². The van der Waals surface area contributed by atoms with Crippen LogP contribution in [0, 0.1) is 0 Å². The Balaban J connectivity index is 1.74. The number of methoxy groups -OCH3 is 3. The molecule has 0 aliphatic heterocycles. The van der Waals surface area contributed by atoms with Gasteiger partial charge in [-0.15, -0.1) is 0 Å². The molecule has 0 fully saturated rings. The summed E-state index contributed by atoms with van der Waals surface area (Å²) in [5.74, 6) is 2.73. The quantitative estimate of drug-likeness (QED) is 0.411. The summed E-state index contributed by atoms with van der Waals surface area (Å²) in [5, 5.41) is 4.08.